The summed E-state index contributed by atoms with van der Waals surface area (Å²) in [5, 5.41) is 7.02. The lowest BCUT2D eigenvalue weighted by Gasteiger charge is -2.20. The molecular formula is C20H24N4O2. The molecule has 136 valence electrons. The van der Waals surface area contributed by atoms with E-state index in [1.165, 1.54) is 0 Å². The van der Waals surface area contributed by atoms with Gasteiger partial charge in [0.2, 0.25) is 0 Å². The molecule has 6 nitrogen and oxygen atoms in total. The van der Waals surface area contributed by atoms with E-state index in [2.05, 4.69) is 29.7 Å². The van der Waals surface area contributed by atoms with Gasteiger partial charge < -0.3 is 9.64 Å². The van der Waals surface area contributed by atoms with Gasteiger partial charge in [-0.25, -0.2) is 0 Å². The lowest BCUT2D eigenvalue weighted by atomic mass is 9.88. The van der Waals surface area contributed by atoms with Crippen LogP contribution in [0.5, 0.6) is 0 Å². The van der Waals surface area contributed by atoms with Crippen LogP contribution in [0, 0.1) is 0 Å². The Hall–Kier alpha value is -2.47. The topological polar surface area (TPSA) is 60.2 Å². The molecule has 1 aliphatic rings. The summed E-state index contributed by atoms with van der Waals surface area (Å²) in [5.41, 5.74) is 3.88. The van der Waals surface area contributed by atoms with E-state index in [9.17, 15) is 4.79 Å². The van der Waals surface area contributed by atoms with Crippen LogP contribution in [0.4, 0.5) is 0 Å². The first-order chi connectivity index (χ1) is 12.6. The van der Waals surface area contributed by atoms with Gasteiger partial charge in [-0.3, -0.25) is 14.5 Å². The summed E-state index contributed by atoms with van der Waals surface area (Å²) < 4.78 is 7.40. The highest BCUT2D eigenvalue weighted by Gasteiger charge is 2.33. The van der Waals surface area contributed by atoms with Crippen LogP contribution < -0.4 is 0 Å². The molecule has 0 saturated heterocycles. The number of esters is 1. The van der Waals surface area contributed by atoms with E-state index in [-0.39, 0.29) is 11.9 Å². The third-order valence-electron chi connectivity index (χ3n) is 5.01. The average Bonchev–Trinajstić information content (AvgIpc) is 3.00. The molecule has 0 fully saturated rings. The summed E-state index contributed by atoms with van der Waals surface area (Å²) in [6.45, 7) is 3.94. The molecule has 0 saturated carbocycles. The van der Waals surface area contributed by atoms with Crippen LogP contribution >= 0.6 is 0 Å². The molecule has 1 aliphatic carbocycles. The molecule has 0 spiro atoms. The molecule has 2 aromatic heterocycles. The molecule has 0 amide bonds. The second-order valence-corrected chi connectivity index (χ2v) is 7.05. The van der Waals surface area contributed by atoms with Gasteiger partial charge in [-0.05, 0) is 39.9 Å². The number of ether oxygens (including phenoxy) is 1. The Morgan fingerprint density at radius 3 is 2.92 bits per heavy atom. The fraction of sp³-hybridized carbons (Fsp3) is 0.450. The third-order valence-corrected chi connectivity index (χ3v) is 5.01. The SMILES string of the molecule is CCOC(=O)C1CCc2nn(CCN(C)C)c3c2c1nc1ccccc13. The highest BCUT2D eigenvalue weighted by atomic mass is 16.5. The maximum absolute atomic E-state index is 12.5. The number of aromatic nitrogens is 3. The first-order valence-corrected chi connectivity index (χ1v) is 9.19. The van der Waals surface area contributed by atoms with E-state index in [4.69, 9.17) is 14.8 Å². The number of hydrogen-bond donors (Lipinski definition) is 0. The number of pyridine rings is 1. The molecule has 0 aliphatic heterocycles. The summed E-state index contributed by atoms with van der Waals surface area (Å²) in [5.74, 6) is -0.482. The number of para-hydroxylation sites is 1. The predicted molar refractivity (Wildman–Crippen MR) is 101 cm³/mol. The summed E-state index contributed by atoms with van der Waals surface area (Å²) >= 11 is 0. The number of benzene rings is 1. The zero-order valence-corrected chi connectivity index (χ0v) is 15.5. The number of fused-ring (bicyclic) bond motifs is 2. The largest absolute Gasteiger partial charge is 0.465 e. The van der Waals surface area contributed by atoms with Crippen molar-refractivity contribution in [2.24, 2.45) is 0 Å². The number of carbonyl (C=O) groups is 1. The standard InChI is InChI=1S/C20H24N4O2/c1-4-26-20(25)14-9-10-16-17-18(14)21-15-8-6-5-7-13(15)19(17)24(22-16)12-11-23(2)3/h5-8,14H,4,9-12H2,1-3H3. The minimum absolute atomic E-state index is 0.178. The zero-order valence-electron chi connectivity index (χ0n) is 15.5. The van der Waals surface area contributed by atoms with Crippen molar-refractivity contribution in [1.29, 1.82) is 0 Å². The molecule has 26 heavy (non-hydrogen) atoms. The van der Waals surface area contributed by atoms with Crippen molar-refractivity contribution in [3.63, 3.8) is 0 Å². The molecule has 1 unspecified atom stereocenters. The average molecular weight is 352 g/mol. The van der Waals surface area contributed by atoms with Gasteiger partial charge in [-0.1, -0.05) is 18.2 Å². The molecule has 3 aromatic rings. The predicted octanol–water partition coefficient (Wildman–Crippen LogP) is 2.74. The van der Waals surface area contributed by atoms with Crippen LogP contribution in [0.25, 0.3) is 21.8 Å². The van der Waals surface area contributed by atoms with Gasteiger partial charge in [0.15, 0.2) is 0 Å². The molecule has 2 heterocycles. The van der Waals surface area contributed by atoms with E-state index in [1.807, 2.05) is 25.1 Å². The van der Waals surface area contributed by atoms with E-state index >= 15 is 0 Å². The maximum atomic E-state index is 12.5. The van der Waals surface area contributed by atoms with E-state index in [0.29, 0.717) is 13.0 Å². The van der Waals surface area contributed by atoms with E-state index in [1.54, 1.807) is 0 Å². The maximum Gasteiger partial charge on any atom is 0.315 e. The van der Waals surface area contributed by atoms with Crippen LogP contribution in [0.1, 0.15) is 30.7 Å². The van der Waals surface area contributed by atoms with Crippen molar-refractivity contribution in [3.05, 3.63) is 35.7 Å². The molecular weight excluding hydrogens is 328 g/mol. The lowest BCUT2D eigenvalue weighted by Crippen LogP contribution is -2.21. The van der Waals surface area contributed by atoms with Gasteiger partial charge in [0.1, 0.15) is 5.92 Å². The van der Waals surface area contributed by atoms with E-state index < -0.39 is 0 Å². The number of likely N-dealkylation sites (N-methyl/N-ethyl adjacent to an activating group) is 1. The fourth-order valence-corrected chi connectivity index (χ4v) is 3.79. The van der Waals surface area contributed by atoms with Crippen LogP contribution in [-0.4, -0.2) is 52.9 Å². The van der Waals surface area contributed by atoms with Crippen LogP contribution in [0.2, 0.25) is 0 Å². The Morgan fingerprint density at radius 2 is 2.15 bits per heavy atom. The third kappa shape index (κ3) is 2.74. The first kappa shape index (κ1) is 17.0. The summed E-state index contributed by atoms with van der Waals surface area (Å²) in [6.07, 6.45) is 1.49. The molecule has 0 bridgehead atoms. The molecule has 1 atom stereocenters. The molecule has 1 aromatic carbocycles. The van der Waals surface area contributed by atoms with Crippen molar-refractivity contribution in [1.82, 2.24) is 19.7 Å². The molecule has 6 heteroatoms. The van der Waals surface area contributed by atoms with Gasteiger partial charge >= 0.3 is 5.97 Å². The highest BCUT2D eigenvalue weighted by molar-refractivity contribution is 6.07. The number of nitrogens with zero attached hydrogens (tertiary/aromatic N) is 4. The number of hydrogen-bond acceptors (Lipinski definition) is 5. The minimum Gasteiger partial charge on any atom is -0.465 e. The van der Waals surface area contributed by atoms with Gasteiger partial charge in [0, 0.05) is 17.3 Å². The van der Waals surface area contributed by atoms with Crippen LogP contribution in [-0.2, 0) is 22.5 Å². The quantitative estimate of drug-likeness (QED) is 0.661. The Bertz CT molecular complexity index is 977. The first-order valence-electron chi connectivity index (χ1n) is 9.19. The Morgan fingerprint density at radius 1 is 1.35 bits per heavy atom. The van der Waals surface area contributed by atoms with Gasteiger partial charge in [-0.15, -0.1) is 0 Å². The van der Waals surface area contributed by atoms with Gasteiger partial charge in [0.05, 0.1) is 35.6 Å². The normalized spacial score (nSPS) is 16.5. The smallest absolute Gasteiger partial charge is 0.315 e. The molecule has 0 N–H and O–H groups in total. The Kier molecular flexibility index (Phi) is 4.36. The van der Waals surface area contributed by atoms with Crippen molar-refractivity contribution in [2.45, 2.75) is 32.2 Å². The van der Waals surface area contributed by atoms with Gasteiger partial charge in [0.25, 0.3) is 0 Å². The second-order valence-electron chi connectivity index (χ2n) is 7.05. The number of aryl methyl sites for hydroxylation is 1. The highest BCUT2D eigenvalue weighted by Crippen LogP contribution is 2.39. The van der Waals surface area contributed by atoms with Crippen molar-refractivity contribution < 1.29 is 9.53 Å². The number of carbonyl (C=O) groups excluding carboxylic acids is 1. The number of rotatable bonds is 5. The van der Waals surface area contributed by atoms with Crippen molar-refractivity contribution in [2.75, 3.05) is 27.2 Å². The monoisotopic (exact) mass is 352 g/mol. The lowest BCUT2D eigenvalue weighted by molar-refractivity contribution is -0.145. The van der Waals surface area contributed by atoms with Crippen molar-refractivity contribution >= 4 is 27.8 Å². The van der Waals surface area contributed by atoms with Crippen LogP contribution in [0.15, 0.2) is 24.3 Å². The van der Waals surface area contributed by atoms with Crippen molar-refractivity contribution in [3.8, 4) is 0 Å². The molecule has 0 radical (unpaired) electrons. The fourth-order valence-electron chi connectivity index (χ4n) is 3.79. The van der Waals surface area contributed by atoms with Gasteiger partial charge in [-0.2, -0.15) is 5.10 Å². The zero-order chi connectivity index (χ0) is 18.3. The summed E-state index contributed by atoms with van der Waals surface area (Å²) in [4.78, 5) is 19.5. The van der Waals surface area contributed by atoms with E-state index in [0.717, 1.165) is 52.7 Å². The minimum atomic E-state index is -0.305. The summed E-state index contributed by atoms with van der Waals surface area (Å²) in [6, 6.07) is 8.11. The Labute approximate surface area is 152 Å². The Balaban J connectivity index is 1.95. The second kappa shape index (κ2) is 6.68. The van der Waals surface area contributed by atoms with Crippen LogP contribution in [0.3, 0.4) is 0 Å². The molecule has 4 rings (SSSR count). The summed E-state index contributed by atoms with van der Waals surface area (Å²) in [7, 11) is 4.12.